The number of halogens is 1. The van der Waals surface area contributed by atoms with Gasteiger partial charge < -0.3 is 19.6 Å². The Morgan fingerprint density at radius 2 is 2.19 bits per heavy atom. The monoisotopic (exact) mass is 404 g/mol. The fourth-order valence-corrected chi connectivity index (χ4v) is 1.66. The lowest BCUT2D eigenvalue weighted by Gasteiger charge is -2.09. The van der Waals surface area contributed by atoms with Crippen LogP contribution in [0.4, 0.5) is 0 Å². The zero-order chi connectivity index (χ0) is 14.4. The van der Waals surface area contributed by atoms with E-state index in [9.17, 15) is 0 Å². The third-order valence-electron chi connectivity index (χ3n) is 2.92. The maximum Gasteiger partial charge on any atom is 0.192 e. The molecule has 0 aliphatic carbocycles. The molecule has 0 unspecified atom stereocenters. The highest BCUT2D eigenvalue weighted by Gasteiger charge is 2.05. The number of nitrogens with zero attached hydrogens (tertiary/aromatic N) is 4. The number of hydrogen-bond acceptors (Lipinski definition) is 4. The van der Waals surface area contributed by atoms with Crippen molar-refractivity contribution in [2.45, 2.75) is 26.9 Å². The molecule has 0 saturated heterocycles. The van der Waals surface area contributed by atoms with Gasteiger partial charge in [-0.1, -0.05) is 0 Å². The molecule has 7 nitrogen and oxygen atoms in total. The molecule has 0 spiro atoms. The summed E-state index contributed by atoms with van der Waals surface area (Å²) in [5.74, 6) is 3.30. The summed E-state index contributed by atoms with van der Waals surface area (Å²) in [4.78, 5) is 4.49. The summed E-state index contributed by atoms with van der Waals surface area (Å²) >= 11 is 0. The number of furan rings is 1. The zero-order valence-corrected chi connectivity index (χ0v) is 14.8. The van der Waals surface area contributed by atoms with Crippen LogP contribution >= 0.6 is 24.0 Å². The Bertz CT molecular complexity index is 563. The average molecular weight is 404 g/mol. The van der Waals surface area contributed by atoms with Crippen molar-refractivity contribution in [3.05, 3.63) is 35.8 Å². The zero-order valence-electron chi connectivity index (χ0n) is 12.5. The minimum atomic E-state index is 0. The summed E-state index contributed by atoms with van der Waals surface area (Å²) in [6.45, 7) is 5.81. The first-order valence-corrected chi connectivity index (χ1v) is 6.60. The second-order valence-electron chi connectivity index (χ2n) is 4.35. The van der Waals surface area contributed by atoms with Crippen LogP contribution in [0.2, 0.25) is 0 Å². The van der Waals surface area contributed by atoms with E-state index in [1.54, 1.807) is 6.26 Å². The van der Waals surface area contributed by atoms with E-state index in [1.165, 1.54) is 0 Å². The summed E-state index contributed by atoms with van der Waals surface area (Å²) < 4.78 is 7.21. The molecule has 0 saturated carbocycles. The number of aliphatic imine (C=N–C) groups is 1. The molecule has 0 bridgehead atoms. The minimum Gasteiger partial charge on any atom is -0.467 e. The van der Waals surface area contributed by atoms with Crippen molar-refractivity contribution in [3.8, 4) is 0 Å². The number of hydrogen-bond donors (Lipinski definition) is 2. The van der Waals surface area contributed by atoms with Gasteiger partial charge in [0, 0.05) is 13.6 Å². The quantitative estimate of drug-likeness (QED) is 0.450. The van der Waals surface area contributed by atoms with Gasteiger partial charge in [0.2, 0.25) is 0 Å². The molecule has 2 aromatic rings. The maximum atomic E-state index is 5.28. The number of aryl methyl sites for hydroxylation is 1. The molecule has 2 N–H and O–H groups in total. The normalized spacial score (nSPS) is 11.1. The lowest BCUT2D eigenvalue weighted by atomic mass is 10.4. The Morgan fingerprint density at radius 1 is 1.38 bits per heavy atom. The van der Waals surface area contributed by atoms with Crippen molar-refractivity contribution < 1.29 is 4.42 Å². The Hall–Kier alpha value is -1.58. The molecule has 21 heavy (non-hydrogen) atoms. The molecule has 0 amide bonds. The van der Waals surface area contributed by atoms with Gasteiger partial charge in [0.05, 0.1) is 12.8 Å². The van der Waals surface area contributed by atoms with Crippen molar-refractivity contribution in [3.63, 3.8) is 0 Å². The third-order valence-corrected chi connectivity index (χ3v) is 2.92. The van der Waals surface area contributed by atoms with E-state index in [2.05, 4.69) is 25.8 Å². The number of aromatic nitrogens is 3. The summed E-state index contributed by atoms with van der Waals surface area (Å²) in [6, 6.07) is 3.78. The van der Waals surface area contributed by atoms with Crippen molar-refractivity contribution in [1.82, 2.24) is 25.4 Å². The Balaban J connectivity index is 0.00000220. The molecular formula is C13H21IN6O. The molecule has 0 aromatic carbocycles. The van der Waals surface area contributed by atoms with Crippen LogP contribution in [0.15, 0.2) is 27.8 Å². The first kappa shape index (κ1) is 17.5. The van der Waals surface area contributed by atoms with Crippen LogP contribution in [0.3, 0.4) is 0 Å². The van der Waals surface area contributed by atoms with E-state index >= 15 is 0 Å². The largest absolute Gasteiger partial charge is 0.467 e. The molecule has 0 fully saturated rings. The molecule has 8 heteroatoms. The standard InChI is InChI=1S/C13H20N6O.HI/c1-4-14-13(15-8-11-6-5-7-20-11)16-9-12-18-17-10(2)19(12)3;/h5-7H,4,8-9H2,1-3H3,(H2,14,15,16);1H. The van der Waals surface area contributed by atoms with Crippen molar-refractivity contribution >= 4 is 29.9 Å². The van der Waals surface area contributed by atoms with Crippen LogP contribution in [0.1, 0.15) is 24.3 Å². The number of rotatable bonds is 5. The van der Waals surface area contributed by atoms with E-state index in [0.29, 0.717) is 13.1 Å². The number of nitrogens with one attached hydrogen (secondary N) is 2. The predicted molar refractivity (Wildman–Crippen MR) is 91.5 cm³/mol. The van der Waals surface area contributed by atoms with E-state index in [4.69, 9.17) is 4.42 Å². The summed E-state index contributed by atoms with van der Waals surface area (Å²) in [7, 11) is 1.93. The lowest BCUT2D eigenvalue weighted by molar-refractivity contribution is 0.501. The summed E-state index contributed by atoms with van der Waals surface area (Å²) in [5, 5.41) is 14.5. The van der Waals surface area contributed by atoms with E-state index in [-0.39, 0.29) is 24.0 Å². The molecule has 0 atom stereocenters. The van der Waals surface area contributed by atoms with E-state index in [1.807, 2.05) is 37.6 Å². The average Bonchev–Trinajstić information content (AvgIpc) is 3.06. The van der Waals surface area contributed by atoms with E-state index < -0.39 is 0 Å². The molecule has 0 radical (unpaired) electrons. The van der Waals surface area contributed by atoms with Gasteiger partial charge in [-0.15, -0.1) is 34.2 Å². The molecule has 116 valence electrons. The summed E-state index contributed by atoms with van der Waals surface area (Å²) in [5.41, 5.74) is 0. The van der Waals surface area contributed by atoms with Gasteiger partial charge in [-0.05, 0) is 26.0 Å². The highest BCUT2D eigenvalue weighted by molar-refractivity contribution is 14.0. The minimum absolute atomic E-state index is 0. The molecule has 0 aliphatic heterocycles. The second-order valence-corrected chi connectivity index (χ2v) is 4.35. The molecular weight excluding hydrogens is 383 g/mol. The first-order valence-electron chi connectivity index (χ1n) is 6.60. The topological polar surface area (TPSA) is 80.3 Å². The number of guanidine groups is 1. The SMILES string of the molecule is CCNC(=NCc1nnc(C)n1C)NCc1ccco1.I. The van der Waals surface area contributed by atoms with Gasteiger partial charge >= 0.3 is 0 Å². The van der Waals surface area contributed by atoms with Crippen molar-refractivity contribution in [1.29, 1.82) is 0 Å². The van der Waals surface area contributed by atoms with Gasteiger partial charge in [0.1, 0.15) is 18.1 Å². The van der Waals surface area contributed by atoms with Gasteiger partial charge in [0.15, 0.2) is 11.8 Å². The van der Waals surface area contributed by atoms with Crippen LogP contribution in [0.25, 0.3) is 0 Å². The Kier molecular flexibility index (Phi) is 7.20. The highest BCUT2D eigenvalue weighted by Crippen LogP contribution is 2.00. The Labute approximate surface area is 141 Å². The lowest BCUT2D eigenvalue weighted by Crippen LogP contribution is -2.36. The van der Waals surface area contributed by atoms with E-state index in [0.717, 1.165) is 29.9 Å². The molecule has 2 heterocycles. The third kappa shape index (κ3) is 5.03. The van der Waals surface area contributed by atoms with Crippen LogP contribution in [-0.2, 0) is 20.1 Å². The highest BCUT2D eigenvalue weighted by atomic mass is 127. The fraction of sp³-hybridized carbons (Fsp3) is 0.462. The summed E-state index contributed by atoms with van der Waals surface area (Å²) in [6.07, 6.45) is 1.66. The van der Waals surface area contributed by atoms with Gasteiger partial charge in [-0.25, -0.2) is 4.99 Å². The molecule has 2 rings (SSSR count). The molecule has 2 aromatic heterocycles. The predicted octanol–water partition coefficient (Wildman–Crippen LogP) is 1.59. The van der Waals surface area contributed by atoms with Gasteiger partial charge in [0.25, 0.3) is 0 Å². The Morgan fingerprint density at radius 3 is 2.76 bits per heavy atom. The van der Waals surface area contributed by atoms with Gasteiger partial charge in [-0.2, -0.15) is 0 Å². The second kappa shape index (κ2) is 8.65. The fourth-order valence-electron chi connectivity index (χ4n) is 1.66. The van der Waals surface area contributed by atoms with Gasteiger partial charge in [-0.3, -0.25) is 0 Å². The first-order chi connectivity index (χ1) is 9.70. The van der Waals surface area contributed by atoms with Crippen molar-refractivity contribution in [2.75, 3.05) is 6.54 Å². The smallest absolute Gasteiger partial charge is 0.192 e. The van der Waals surface area contributed by atoms with Crippen LogP contribution in [0, 0.1) is 6.92 Å². The van der Waals surface area contributed by atoms with Crippen molar-refractivity contribution in [2.24, 2.45) is 12.0 Å². The molecule has 0 aliphatic rings. The van der Waals surface area contributed by atoms with Crippen LogP contribution in [-0.4, -0.2) is 27.3 Å². The van der Waals surface area contributed by atoms with Crippen LogP contribution < -0.4 is 10.6 Å². The maximum absolute atomic E-state index is 5.28. The van der Waals surface area contributed by atoms with Crippen LogP contribution in [0.5, 0.6) is 0 Å².